The summed E-state index contributed by atoms with van der Waals surface area (Å²) in [5, 5.41) is 4.75. The molecule has 6 heteroatoms. The first-order valence-electron chi connectivity index (χ1n) is 8.43. The molecule has 1 N–H and O–H groups in total. The van der Waals surface area contributed by atoms with Crippen LogP contribution in [0.5, 0.6) is 0 Å². The van der Waals surface area contributed by atoms with Crippen LogP contribution in [-0.2, 0) is 20.7 Å². The van der Waals surface area contributed by atoms with Crippen LogP contribution in [0, 0.1) is 0 Å². The average molecular weight is 358 g/mol. The van der Waals surface area contributed by atoms with Gasteiger partial charge < -0.3 is 15.0 Å². The van der Waals surface area contributed by atoms with Crippen molar-refractivity contribution in [2.45, 2.75) is 32.2 Å². The molecule has 1 fully saturated rings. The van der Waals surface area contributed by atoms with E-state index in [1.807, 2.05) is 46.7 Å². The number of benzene rings is 1. The molecule has 1 aliphatic heterocycles. The minimum atomic E-state index is -0.109. The topological polar surface area (TPSA) is 58.6 Å². The van der Waals surface area contributed by atoms with Crippen molar-refractivity contribution in [1.29, 1.82) is 0 Å². The highest BCUT2D eigenvalue weighted by Crippen LogP contribution is 2.26. The second-order valence-electron chi connectivity index (χ2n) is 6.09. The van der Waals surface area contributed by atoms with E-state index in [-0.39, 0.29) is 17.9 Å². The third-order valence-corrected chi connectivity index (χ3v) is 5.07. The van der Waals surface area contributed by atoms with Crippen LogP contribution in [0.3, 0.4) is 0 Å². The van der Waals surface area contributed by atoms with Gasteiger partial charge in [0.15, 0.2) is 0 Å². The fourth-order valence-corrected chi connectivity index (χ4v) is 3.75. The van der Waals surface area contributed by atoms with Gasteiger partial charge in [-0.3, -0.25) is 9.59 Å². The minimum Gasteiger partial charge on any atom is -0.381 e. The summed E-state index contributed by atoms with van der Waals surface area (Å²) in [6.45, 7) is 2.83. The summed E-state index contributed by atoms with van der Waals surface area (Å²) in [6.07, 6.45) is 2.08. The van der Waals surface area contributed by atoms with Gasteiger partial charge in [0.05, 0.1) is 6.42 Å². The monoisotopic (exact) mass is 358 g/mol. The van der Waals surface area contributed by atoms with E-state index in [0.29, 0.717) is 19.6 Å². The number of hydrogen-bond donors (Lipinski definition) is 1. The van der Waals surface area contributed by atoms with Crippen molar-refractivity contribution < 1.29 is 14.3 Å². The predicted octanol–water partition coefficient (Wildman–Crippen LogP) is 3.46. The van der Waals surface area contributed by atoms with Gasteiger partial charge >= 0.3 is 0 Å². The fraction of sp³-hybridized carbons (Fsp3) is 0.368. The van der Waals surface area contributed by atoms with Crippen molar-refractivity contribution in [2.24, 2.45) is 0 Å². The van der Waals surface area contributed by atoms with Crippen LogP contribution in [0.4, 0.5) is 11.4 Å². The van der Waals surface area contributed by atoms with E-state index in [9.17, 15) is 9.59 Å². The van der Waals surface area contributed by atoms with E-state index in [4.69, 9.17) is 4.74 Å². The molecular weight excluding hydrogens is 336 g/mol. The molecule has 2 aromatic rings. The first-order chi connectivity index (χ1) is 12.1. The Balaban J connectivity index is 1.82. The Bertz CT molecular complexity index is 707. The molecule has 5 nitrogen and oxygen atoms in total. The molecule has 0 spiro atoms. The van der Waals surface area contributed by atoms with E-state index >= 15 is 0 Å². The Labute approximate surface area is 151 Å². The van der Waals surface area contributed by atoms with Crippen molar-refractivity contribution in [3.8, 4) is 0 Å². The zero-order valence-corrected chi connectivity index (χ0v) is 15.1. The molecule has 1 aromatic heterocycles. The number of ether oxygens (including phenoxy) is 1. The summed E-state index contributed by atoms with van der Waals surface area (Å²) in [7, 11) is 0. The van der Waals surface area contributed by atoms with Gasteiger partial charge in [-0.15, -0.1) is 11.3 Å². The fourth-order valence-electron chi connectivity index (χ4n) is 3.06. The maximum atomic E-state index is 13.0. The molecule has 132 valence electrons. The number of rotatable bonds is 5. The summed E-state index contributed by atoms with van der Waals surface area (Å²) in [5.41, 5.74) is 1.59. The lowest BCUT2D eigenvalue weighted by Gasteiger charge is -2.34. The number of carbonyl (C=O) groups is 2. The Morgan fingerprint density at radius 3 is 2.52 bits per heavy atom. The van der Waals surface area contributed by atoms with Crippen LogP contribution in [0.25, 0.3) is 0 Å². The number of anilines is 2. The number of carbonyl (C=O) groups excluding carboxylic acids is 2. The van der Waals surface area contributed by atoms with Gasteiger partial charge in [0.2, 0.25) is 11.8 Å². The largest absolute Gasteiger partial charge is 0.381 e. The van der Waals surface area contributed by atoms with Crippen LogP contribution in [-0.4, -0.2) is 31.1 Å². The van der Waals surface area contributed by atoms with E-state index in [2.05, 4.69) is 5.32 Å². The highest BCUT2D eigenvalue weighted by Gasteiger charge is 2.27. The Morgan fingerprint density at radius 2 is 1.92 bits per heavy atom. The number of amides is 2. The SMILES string of the molecule is CC(=O)Nc1ccc(N(C(=O)Cc2cccs2)C2CCOCC2)cc1. The summed E-state index contributed by atoms with van der Waals surface area (Å²) in [5.74, 6) is -0.00978. The lowest BCUT2D eigenvalue weighted by Crippen LogP contribution is -2.44. The predicted molar refractivity (Wildman–Crippen MR) is 100 cm³/mol. The summed E-state index contributed by atoms with van der Waals surface area (Å²) in [4.78, 5) is 27.1. The molecule has 25 heavy (non-hydrogen) atoms. The maximum Gasteiger partial charge on any atom is 0.232 e. The molecule has 1 aliphatic rings. The molecular formula is C19H22N2O3S. The summed E-state index contributed by atoms with van der Waals surface area (Å²) in [6, 6.07) is 11.6. The number of thiophene rings is 1. The number of nitrogens with zero attached hydrogens (tertiary/aromatic N) is 1. The van der Waals surface area contributed by atoms with Crippen LogP contribution in [0.15, 0.2) is 41.8 Å². The highest BCUT2D eigenvalue weighted by molar-refractivity contribution is 7.10. The highest BCUT2D eigenvalue weighted by atomic mass is 32.1. The molecule has 0 atom stereocenters. The van der Waals surface area contributed by atoms with Gasteiger partial charge in [0, 0.05) is 42.4 Å². The molecule has 1 aromatic carbocycles. The van der Waals surface area contributed by atoms with E-state index in [1.165, 1.54) is 6.92 Å². The van der Waals surface area contributed by atoms with Gasteiger partial charge in [-0.05, 0) is 48.6 Å². The van der Waals surface area contributed by atoms with Crippen molar-refractivity contribution in [2.75, 3.05) is 23.4 Å². The third-order valence-electron chi connectivity index (χ3n) is 4.20. The van der Waals surface area contributed by atoms with Gasteiger partial charge in [-0.2, -0.15) is 0 Å². The van der Waals surface area contributed by atoms with Gasteiger partial charge in [0.25, 0.3) is 0 Å². The van der Waals surface area contributed by atoms with E-state index in [1.54, 1.807) is 11.3 Å². The second-order valence-corrected chi connectivity index (χ2v) is 7.12. The van der Waals surface area contributed by atoms with Crippen molar-refractivity contribution >= 4 is 34.5 Å². The van der Waals surface area contributed by atoms with Crippen LogP contribution < -0.4 is 10.2 Å². The van der Waals surface area contributed by atoms with Gasteiger partial charge in [-0.25, -0.2) is 0 Å². The van der Waals surface area contributed by atoms with Crippen LogP contribution in [0.2, 0.25) is 0 Å². The molecule has 0 bridgehead atoms. The number of nitrogens with one attached hydrogen (secondary N) is 1. The summed E-state index contributed by atoms with van der Waals surface area (Å²) >= 11 is 1.60. The molecule has 0 unspecified atom stereocenters. The van der Waals surface area contributed by atoms with E-state index < -0.39 is 0 Å². The normalized spacial score (nSPS) is 14.9. The number of hydrogen-bond acceptors (Lipinski definition) is 4. The van der Waals surface area contributed by atoms with Gasteiger partial charge in [0.1, 0.15) is 0 Å². The first-order valence-corrected chi connectivity index (χ1v) is 9.31. The van der Waals surface area contributed by atoms with E-state index in [0.717, 1.165) is 29.1 Å². The summed E-state index contributed by atoms with van der Waals surface area (Å²) < 4.78 is 5.45. The molecule has 0 radical (unpaired) electrons. The lowest BCUT2D eigenvalue weighted by molar-refractivity contribution is -0.119. The average Bonchev–Trinajstić information content (AvgIpc) is 3.10. The molecule has 0 saturated carbocycles. The van der Waals surface area contributed by atoms with Crippen molar-refractivity contribution in [3.05, 3.63) is 46.7 Å². The Kier molecular flexibility index (Phi) is 5.83. The van der Waals surface area contributed by atoms with Crippen molar-refractivity contribution in [1.82, 2.24) is 0 Å². The Morgan fingerprint density at radius 1 is 1.20 bits per heavy atom. The first kappa shape index (κ1) is 17.6. The van der Waals surface area contributed by atoms with Crippen molar-refractivity contribution in [3.63, 3.8) is 0 Å². The molecule has 2 heterocycles. The lowest BCUT2D eigenvalue weighted by atomic mass is 10.0. The zero-order chi connectivity index (χ0) is 17.6. The zero-order valence-electron chi connectivity index (χ0n) is 14.2. The Hall–Kier alpha value is -2.18. The second kappa shape index (κ2) is 8.27. The smallest absolute Gasteiger partial charge is 0.232 e. The maximum absolute atomic E-state index is 13.0. The third kappa shape index (κ3) is 4.67. The standard InChI is InChI=1S/C19H22N2O3S/c1-14(22)20-15-4-6-16(7-5-15)21(17-8-10-24-11-9-17)19(23)13-18-3-2-12-25-18/h2-7,12,17H,8-11,13H2,1H3,(H,20,22). The molecule has 1 saturated heterocycles. The van der Waals surface area contributed by atoms with Crippen LogP contribution in [0.1, 0.15) is 24.6 Å². The minimum absolute atomic E-state index is 0.0987. The quantitative estimate of drug-likeness (QED) is 0.890. The van der Waals surface area contributed by atoms with Crippen LogP contribution >= 0.6 is 11.3 Å². The molecule has 0 aliphatic carbocycles. The molecule has 2 amide bonds. The molecule has 3 rings (SSSR count). The van der Waals surface area contributed by atoms with Gasteiger partial charge in [-0.1, -0.05) is 6.07 Å².